The lowest BCUT2D eigenvalue weighted by molar-refractivity contribution is -0.285. The number of hydrogen-bond donors (Lipinski definition) is 2. The molecule has 0 fully saturated rings. The topological polar surface area (TPSA) is 103 Å². The first-order valence-electron chi connectivity index (χ1n) is 11.8. The number of carbonyl (C=O) groups excluding carboxylic acids is 2. The minimum absolute atomic E-state index is 0.405. The minimum Gasteiger partial charge on any atom is -0.493 e. The Morgan fingerprint density at radius 2 is 1.90 bits per heavy atom. The van der Waals surface area contributed by atoms with Crippen molar-refractivity contribution in [1.82, 2.24) is 9.97 Å². The maximum absolute atomic E-state index is 12.4. The van der Waals surface area contributed by atoms with E-state index in [1.165, 1.54) is 0 Å². The van der Waals surface area contributed by atoms with Crippen LogP contribution < -0.4 is 10.1 Å². The van der Waals surface area contributed by atoms with Crippen LogP contribution >= 0.6 is 11.6 Å². The molecule has 0 radical (unpaired) electrons. The van der Waals surface area contributed by atoms with Crippen molar-refractivity contribution in [3.63, 3.8) is 0 Å². The predicted molar refractivity (Wildman–Crippen MR) is 137 cm³/mol. The molecule has 1 unspecified atom stereocenters. The van der Waals surface area contributed by atoms with Gasteiger partial charge in [-0.05, 0) is 53.9 Å². The summed E-state index contributed by atoms with van der Waals surface area (Å²) in [5, 5.41) is 4.37. The number of aromatic amines is 1. The number of nitrogens with one attached hydrogen (secondary N) is 2. The van der Waals surface area contributed by atoms with Gasteiger partial charge in [-0.25, -0.2) is 24.3 Å². The molecule has 0 saturated heterocycles. The quantitative estimate of drug-likeness (QED) is 0.135. The van der Waals surface area contributed by atoms with Crippen molar-refractivity contribution in [3.05, 3.63) is 89.2 Å². The van der Waals surface area contributed by atoms with Crippen molar-refractivity contribution >= 4 is 40.3 Å². The Balaban J connectivity index is 1.44. The molecule has 2 aromatic heterocycles. The fourth-order valence-corrected chi connectivity index (χ4v) is 4.11. The standard InChI is InChI=1S/C27H23ClF3N3O5/c28-18-6-3-5-17(13-18)21(15-25(35)38-39-26(36)27(29,30)31)22-16-34-23-14-19(8-9-20(22)23)37-12-4-11-33-24-7-1-2-10-32-24/h1-3,5-10,13-14,16,21,34H,4,11-12,15H2,(H,32,33). The average Bonchev–Trinajstić information content (AvgIpc) is 3.33. The summed E-state index contributed by atoms with van der Waals surface area (Å²) in [7, 11) is 0. The second kappa shape index (κ2) is 12.5. The molecule has 2 N–H and O–H groups in total. The van der Waals surface area contributed by atoms with Gasteiger partial charge in [0, 0.05) is 46.8 Å². The van der Waals surface area contributed by atoms with Gasteiger partial charge in [0.15, 0.2) is 0 Å². The third kappa shape index (κ3) is 7.64. The lowest BCUT2D eigenvalue weighted by Gasteiger charge is -2.17. The molecule has 4 aromatic rings. The lowest BCUT2D eigenvalue weighted by Crippen LogP contribution is -2.27. The van der Waals surface area contributed by atoms with E-state index in [4.69, 9.17) is 16.3 Å². The van der Waals surface area contributed by atoms with Crippen molar-refractivity contribution < 1.29 is 37.3 Å². The summed E-state index contributed by atoms with van der Waals surface area (Å²) in [5.74, 6) is -3.03. The molecule has 2 heterocycles. The van der Waals surface area contributed by atoms with E-state index in [1.807, 2.05) is 30.3 Å². The predicted octanol–water partition coefficient (Wildman–Crippen LogP) is 6.18. The van der Waals surface area contributed by atoms with Crippen LogP contribution in [0.25, 0.3) is 10.9 Å². The van der Waals surface area contributed by atoms with Gasteiger partial charge >= 0.3 is 18.1 Å². The van der Waals surface area contributed by atoms with Gasteiger partial charge < -0.3 is 15.0 Å². The number of benzene rings is 2. The van der Waals surface area contributed by atoms with E-state index in [0.717, 1.165) is 23.1 Å². The molecular weight excluding hydrogens is 539 g/mol. The van der Waals surface area contributed by atoms with Crippen molar-refractivity contribution in [1.29, 1.82) is 0 Å². The fraction of sp³-hybridized carbons (Fsp3) is 0.222. The van der Waals surface area contributed by atoms with Gasteiger partial charge in [-0.2, -0.15) is 13.2 Å². The molecule has 2 aromatic carbocycles. The number of fused-ring (bicyclic) bond motifs is 1. The Morgan fingerprint density at radius 1 is 1.05 bits per heavy atom. The van der Waals surface area contributed by atoms with Crippen LogP contribution in [0.4, 0.5) is 19.0 Å². The number of aromatic nitrogens is 2. The first kappa shape index (κ1) is 27.8. The van der Waals surface area contributed by atoms with E-state index in [2.05, 4.69) is 25.1 Å². The Morgan fingerprint density at radius 3 is 2.64 bits per heavy atom. The largest absolute Gasteiger partial charge is 0.495 e. The van der Waals surface area contributed by atoms with E-state index in [-0.39, 0.29) is 0 Å². The first-order chi connectivity index (χ1) is 18.7. The number of anilines is 1. The second-order valence-electron chi connectivity index (χ2n) is 8.43. The summed E-state index contributed by atoms with van der Waals surface area (Å²) in [5.41, 5.74) is 2.00. The molecular formula is C27H23ClF3N3O5. The maximum Gasteiger partial charge on any atom is 0.495 e. The van der Waals surface area contributed by atoms with Gasteiger partial charge in [-0.1, -0.05) is 29.8 Å². The molecule has 12 heteroatoms. The number of ether oxygens (including phenoxy) is 1. The Bertz CT molecular complexity index is 1430. The van der Waals surface area contributed by atoms with Gasteiger partial charge in [0.2, 0.25) is 0 Å². The second-order valence-corrected chi connectivity index (χ2v) is 8.87. The third-order valence-corrected chi connectivity index (χ3v) is 5.92. The number of alkyl halides is 3. The molecule has 39 heavy (non-hydrogen) atoms. The molecule has 1 atom stereocenters. The maximum atomic E-state index is 12.4. The van der Waals surface area contributed by atoms with E-state index >= 15 is 0 Å². The number of rotatable bonds is 10. The van der Waals surface area contributed by atoms with Crippen molar-refractivity contribution in [2.24, 2.45) is 0 Å². The van der Waals surface area contributed by atoms with E-state index in [0.29, 0.717) is 35.1 Å². The highest BCUT2D eigenvalue weighted by Crippen LogP contribution is 2.36. The smallest absolute Gasteiger partial charge is 0.493 e. The zero-order valence-electron chi connectivity index (χ0n) is 20.3. The molecule has 4 rings (SSSR count). The van der Waals surface area contributed by atoms with Crippen LogP contribution in [-0.4, -0.2) is 41.2 Å². The van der Waals surface area contributed by atoms with Crippen LogP contribution in [0.2, 0.25) is 5.02 Å². The SMILES string of the molecule is O=C(CC(c1cccc(Cl)c1)c1c[nH]c2cc(OCCCNc3ccccn3)ccc12)OOC(=O)C(F)(F)F. The number of hydrogen-bond acceptors (Lipinski definition) is 7. The van der Waals surface area contributed by atoms with Crippen molar-refractivity contribution in [3.8, 4) is 5.75 Å². The van der Waals surface area contributed by atoms with Gasteiger partial charge in [-0.15, -0.1) is 0 Å². The van der Waals surface area contributed by atoms with Crippen LogP contribution in [0.5, 0.6) is 5.75 Å². The molecule has 204 valence electrons. The van der Waals surface area contributed by atoms with Crippen LogP contribution in [0.3, 0.4) is 0 Å². The highest BCUT2D eigenvalue weighted by Gasteiger charge is 2.43. The normalized spacial score (nSPS) is 12.1. The zero-order valence-corrected chi connectivity index (χ0v) is 21.1. The van der Waals surface area contributed by atoms with Gasteiger partial charge in [0.25, 0.3) is 0 Å². The molecule has 0 bridgehead atoms. The van der Waals surface area contributed by atoms with Crippen LogP contribution in [0.1, 0.15) is 29.9 Å². The van der Waals surface area contributed by atoms with Gasteiger partial charge in [0.05, 0.1) is 13.0 Å². The average molecular weight is 562 g/mol. The highest BCUT2D eigenvalue weighted by molar-refractivity contribution is 6.30. The zero-order chi connectivity index (χ0) is 27.8. The molecule has 0 aliphatic rings. The Labute approximate surface area is 226 Å². The van der Waals surface area contributed by atoms with Crippen molar-refractivity contribution in [2.75, 3.05) is 18.5 Å². The summed E-state index contributed by atoms with van der Waals surface area (Å²) in [6.45, 7) is 1.15. The Kier molecular flexibility index (Phi) is 8.92. The van der Waals surface area contributed by atoms with Gasteiger partial charge in [0.1, 0.15) is 11.6 Å². The number of pyridine rings is 1. The van der Waals surface area contributed by atoms with Gasteiger partial charge in [-0.3, -0.25) is 0 Å². The molecule has 0 spiro atoms. The van der Waals surface area contributed by atoms with Crippen LogP contribution in [0.15, 0.2) is 73.1 Å². The molecule has 0 aliphatic carbocycles. The summed E-state index contributed by atoms with van der Waals surface area (Å²) < 4.78 is 43.0. The summed E-state index contributed by atoms with van der Waals surface area (Å²) in [4.78, 5) is 38.4. The van der Waals surface area contributed by atoms with E-state index in [1.54, 1.807) is 42.7 Å². The number of carbonyl (C=O) groups is 2. The first-order valence-corrected chi connectivity index (χ1v) is 12.2. The van der Waals surface area contributed by atoms with Crippen LogP contribution in [-0.2, 0) is 19.4 Å². The molecule has 0 saturated carbocycles. The molecule has 0 amide bonds. The monoisotopic (exact) mass is 561 g/mol. The fourth-order valence-electron chi connectivity index (χ4n) is 3.91. The summed E-state index contributed by atoms with van der Waals surface area (Å²) >= 11 is 6.14. The summed E-state index contributed by atoms with van der Waals surface area (Å²) in [6, 6.07) is 17.7. The highest BCUT2D eigenvalue weighted by atomic mass is 35.5. The summed E-state index contributed by atoms with van der Waals surface area (Å²) in [6.07, 6.45) is -1.58. The van der Waals surface area contributed by atoms with E-state index in [9.17, 15) is 22.8 Å². The van der Waals surface area contributed by atoms with Crippen molar-refractivity contribution in [2.45, 2.75) is 24.9 Å². The molecule has 8 nitrogen and oxygen atoms in total. The van der Waals surface area contributed by atoms with E-state index < -0.39 is 30.5 Å². The molecule has 0 aliphatic heterocycles. The number of H-pyrrole nitrogens is 1. The minimum atomic E-state index is -5.29. The number of nitrogens with zero attached hydrogens (tertiary/aromatic N) is 1. The third-order valence-electron chi connectivity index (χ3n) is 5.69. The number of halogens is 4. The van der Waals surface area contributed by atoms with Crippen LogP contribution in [0, 0.1) is 0 Å². The lowest BCUT2D eigenvalue weighted by atomic mass is 9.88. The Hall–Kier alpha value is -4.25.